The molecular formula is C16H15ClN2OS. The maximum absolute atomic E-state index is 9.32. The molecule has 0 N–H and O–H groups in total. The van der Waals surface area contributed by atoms with Crippen molar-refractivity contribution in [2.45, 2.75) is 19.1 Å². The summed E-state index contributed by atoms with van der Waals surface area (Å²) in [4.78, 5) is 2.21. The van der Waals surface area contributed by atoms with Gasteiger partial charge in [-0.3, -0.25) is 0 Å². The third kappa shape index (κ3) is 3.06. The topological polar surface area (TPSA) is 36.3 Å². The van der Waals surface area contributed by atoms with Crippen molar-refractivity contribution >= 4 is 28.6 Å². The summed E-state index contributed by atoms with van der Waals surface area (Å²) in [7, 11) is 0. The summed E-state index contributed by atoms with van der Waals surface area (Å²) >= 11 is 7.65. The molecule has 0 bridgehead atoms. The van der Waals surface area contributed by atoms with Crippen LogP contribution < -0.4 is 4.90 Å². The Hall–Kier alpha value is -1.54. The van der Waals surface area contributed by atoms with E-state index >= 15 is 0 Å². The van der Waals surface area contributed by atoms with Gasteiger partial charge in [0.15, 0.2) is 0 Å². The highest BCUT2D eigenvalue weighted by Gasteiger charge is 2.28. The number of hydrogen-bond donors (Lipinski definition) is 0. The van der Waals surface area contributed by atoms with Gasteiger partial charge in [-0.1, -0.05) is 11.6 Å². The van der Waals surface area contributed by atoms with Crippen molar-refractivity contribution in [2.24, 2.45) is 0 Å². The molecule has 108 valence electrons. The maximum Gasteiger partial charge on any atom is 0.101 e. The van der Waals surface area contributed by atoms with Gasteiger partial charge < -0.3 is 9.64 Å². The van der Waals surface area contributed by atoms with Gasteiger partial charge in [0.05, 0.1) is 17.4 Å². The minimum Gasteiger partial charge on any atom is -0.367 e. The lowest BCUT2D eigenvalue weighted by Crippen LogP contribution is -2.43. The highest BCUT2D eigenvalue weighted by Crippen LogP contribution is 2.32. The second kappa shape index (κ2) is 6.07. The molecule has 2 unspecified atom stereocenters. The molecule has 0 spiro atoms. The van der Waals surface area contributed by atoms with Gasteiger partial charge in [0, 0.05) is 18.1 Å². The molecule has 5 heteroatoms. The van der Waals surface area contributed by atoms with Gasteiger partial charge in [0.25, 0.3) is 0 Å². The van der Waals surface area contributed by atoms with E-state index in [1.807, 2.05) is 12.1 Å². The van der Waals surface area contributed by atoms with Crippen LogP contribution in [0.1, 0.15) is 24.2 Å². The predicted octanol–water partition coefficient (Wildman–Crippen LogP) is 4.24. The van der Waals surface area contributed by atoms with Crippen molar-refractivity contribution < 1.29 is 4.74 Å². The van der Waals surface area contributed by atoms with Gasteiger partial charge in [0.2, 0.25) is 0 Å². The minimum absolute atomic E-state index is 0.0437. The first-order valence-electron chi connectivity index (χ1n) is 6.79. The number of anilines is 1. The van der Waals surface area contributed by atoms with Gasteiger partial charge in [-0.05, 0) is 47.5 Å². The summed E-state index contributed by atoms with van der Waals surface area (Å²) in [6, 6.07) is 9.80. The standard InChI is InChI=1S/C16H15ClN2OS/c1-11-8-19(9-16(20-11)12-4-5-21-10-12)15-3-2-14(17)6-13(15)7-18/h2-6,10-11,16H,8-9H2,1H3. The highest BCUT2D eigenvalue weighted by atomic mass is 35.5. The van der Waals surface area contributed by atoms with Gasteiger partial charge in [-0.25, -0.2) is 0 Å². The monoisotopic (exact) mass is 318 g/mol. The fourth-order valence-electron chi connectivity index (χ4n) is 2.66. The molecule has 1 fully saturated rings. The molecule has 1 aromatic heterocycles. The summed E-state index contributed by atoms with van der Waals surface area (Å²) in [5, 5.41) is 14.1. The van der Waals surface area contributed by atoms with Crippen molar-refractivity contribution in [1.82, 2.24) is 0 Å². The van der Waals surface area contributed by atoms with Crippen LogP contribution in [0.5, 0.6) is 0 Å². The predicted molar refractivity (Wildman–Crippen MR) is 86.0 cm³/mol. The molecule has 0 aliphatic carbocycles. The molecule has 21 heavy (non-hydrogen) atoms. The van der Waals surface area contributed by atoms with E-state index in [0.29, 0.717) is 10.6 Å². The molecular weight excluding hydrogens is 304 g/mol. The van der Waals surface area contributed by atoms with Crippen LogP contribution >= 0.6 is 22.9 Å². The molecule has 0 saturated carbocycles. The number of nitriles is 1. The molecule has 2 heterocycles. The van der Waals surface area contributed by atoms with Crippen molar-refractivity contribution in [2.75, 3.05) is 18.0 Å². The van der Waals surface area contributed by atoms with E-state index < -0.39 is 0 Å². The van der Waals surface area contributed by atoms with E-state index in [1.165, 1.54) is 5.56 Å². The van der Waals surface area contributed by atoms with E-state index in [9.17, 15) is 5.26 Å². The number of rotatable bonds is 2. The smallest absolute Gasteiger partial charge is 0.101 e. The number of halogens is 1. The number of morpholine rings is 1. The minimum atomic E-state index is 0.0437. The quantitative estimate of drug-likeness (QED) is 0.831. The second-order valence-corrected chi connectivity index (χ2v) is 6.39. The van der Waals surface area contributed by atoms with Crippen LogP contribution in [0.4, 0.5) is 5.69 Å². The largest absolute Gasteiger partial charge is 0.367 e. The normalized spacial score (nSPS) is 22.0. The summed E-state index contributed by atoms with van der Waals surface area (Å²) in [6.07, 6.45) is 0.160. The Morgan fingerprint density at radius 1 is 1.38 bits per heavy atom. The molecule has 0 amide bonds. The van der Waals surface area contributed by atoms with E-state index in [-0.39, 0.29) is 12.2 Å². The van der Waals surface area contributed by atoms with Crippen molar-refractivity contribution in [1.29, 1.82) is 5.26 Å². The van der Waals surface area contributed by atoms with E-state index in [1.54, 1.807) is 17.4 Å². The Bertz CT molecular complexity index is 665. The first-order chi connectivity index (χ1) is 10.2. The SMILES string of the molecule is CC1CN(c2ccc(Cl)cc2C#N)CC(c2ccsc2)O1. The summed E-state index contributed by atoms with van der Waals surface area (Å²) in [5.41, 5.74) is 2.74. The van der Waals surface area contributed by atoms with Gasteiger partial charge in [-0.15, -0.1) is 0 Å². The summed E-state index contributed by atoms with van der Waals surface area (Å²) < 4.78 is 6.04. The van der Waals surface area contributed by atoms with Crippen LogP contribution in [0, 0.1) is 11.3 Å². The fourth-order valence-corrected chi connectivity index (χ4v) is 3.54. The molecule has 0 radical (unpaired) electrons. The number of hydrogen-bond acceptors (Lipinski definition) is 4. The highest BCUT2D eigenvalue weighted by molar-refractivity contribution is 7.07. The third-order valence-electron chi connectivity index (χ3n) is 3.59. The maximum atomic E-state index is 9.32. The third-order valence-corrected chi connectivity index (χ3v) is 4.53. The summed E-state index contributed by atoms with van der Waals surface area (Å²) in [5.74, 6) is 0. The Balaban J connectivity index is 1.90. The lowest BCUT2D eigenvalue weighted by atomic mass is 10.1. The first-order valence-corrected chi connectivity index (χ1v) is 8.11. The molecule has 2 aromatic rings. The van der Waals surface area contributed by atoms with Gasteiger partial charge >= 0.3 is 0 Å². The average molecular weight is 319 g/mol. The zero-order chi connectivity index (χ0) is 14.8. The van der Waals surface area contributed by atoms with Crippen molar-refractivity contribution in [3.8, 4) is 6.07 Å². The molecule has 1 aliphatic heterocycles. The van der Waals surface area contributed by atoms with Crippen LogP contribution in [0.15, 0.2) is 35.0 Å². The van der Waals surface area contributed by atoms with Crippen LogP contribution in [0.3, 0.4) is 0 Å². The summed E-state index contributed by atoms with van der Waals surface area (Å²) in [6.45, 7) is 3.59. The van der Waals surface area contributed by atoms with E-state index in [0.717, 1.165) is 18.8 Å². The number of ether oxygens (including phenoxy) is 1. The van der Waals surface area contributed by atoms with E-state index in [4.69, 9.17) is 16.3 Å². The number of nitrogens with zero attached hydrogens (tertiary/aromatic N) is 2. The Morgan fingerprint density at radius 2 is 2.24 bits per heavy atom. The van der Waals surface area contributed by atoms with Gasteiger partial charge in [-0.2, -0.15) is 16.6 Å². The van der Waals surface area contributed by atoms with Crippen LogP contribution in [-0.2, 0) is 4.74 Å². The molecule has 1 saturated heterocycles. The Morgan fingerprint density at radius 3 is 2.95 bits per heavy atom. The Labute approximate surface area is 133 Å². The van der Waals surface area contributed by atoms with Crippen LogP contribution in [0.2, 0.25) is 5.02 Å². The van der Waals surface area contributed by atoms with Crippen molar-refractivity contribution in [3.63, 3.8) is 0 Å². The Kier molecular flexibility index (Phi) is 4.16. The van der Waals surface area contributed by atoms with Crippen LogP contribution in [0.25, 0.3) is 0 Å². The first kappa shape index (κ1) is 14.4. The molecule has 3 nitrogen and oxygen atoms in total. The fraction of sp³-hybridized carbons (Fsp3) is 0.312. The molecule has 1 aliphatic rings. The number of benzene rings is 1. The second-order valence-electron chi connectivity index (χ2n) is 5.17. The lowest BCUT2D eigenvalue weighted by Gasteiger charge is -2.38. The number of thiophene rings is 1. The average Bonchev–Trinajstić information content (AvgIpc) is 3.00. The lowest BCUT2D eigenvalue weighted by molar-refractivity contribution is -0.0171. The zero-order valence-electron chi connectivity index (χ0n) is 11.6. The van der Waals surface area contributed by atoms with Gasteiger partial charge in [0.1, 0.15) is 12.2 Å². The molecule has 2 atom stereocenters. The zero-order valence-corrected chi connectivity index (χ0v) is 13.2. The molecule has 3 rings (SSSR count). The van der Waals surface area contributed by atoms with Crippen LogP contribution in [-0.4, -0.2) is 19.2 Å². The van der Waals surface area contributed by atoms with Crippen molar-refractivity contribution in [3.05, 3.63) is 51.2 Å². The molecule has 1 aromatic carbocycles. The van der Waals surface area contributed by atoms with E-state index in [2.05, 4.69) is 34.7 Å².